The van der Waals surface area contributed by atoms with Crippen molar-refractivity contribution in [1.82, 2.24) is 4.98 Å². The molecule has 17 heavy (non-hydrogen) atoms. The van der Waals surface area contributed by atoms with Crippen LogP contribution >= 0.6 is 0 Å². The number of anilines is 1. The molecule has 0 bridgehead atoms. The molecule has 0 saturated heterocycles. The first-order chi connectivity index (χ1) is 8.08. The van der Waals surface area contributed by atoms with Crippen molar-refractivity contribution in [2.45, 2.75) is 6.92 Å². The molecule has 0 aliphatic carbocycles. The highest BCUT2D eigenvalue weighted by atomic mass is 16.4. The summed E-state index contributed by atoms with van der Waals surface area (Å²) in [4.78, 5) is 14.9. The summed E-state index contributed by atoms with van der Waals surface area (Å²) in [6.45, 7) is 1.87. The van der Waals surface area contributed by atoms with Crippen LogP contribution in [0.1, 0.15) is 16.1 Å². The van der Waals surface area contributed by atoms with Crippen LogP contribution in [0.15, 0.2) is 36.4 Å². The third-order valence-electron chi connectivity index (χ3n) is 2.55. The summed E-state index contributed by atoms with van der Waals surface area (Å²) in [5.41, 5.74) is 8.57. The molecular formula is C13H12N2O2. The molecule has 0 aliphatic heterocycles. The molecular weight excluding hydrogens is 216 g/mol. The van der Waals surface area contributed by atoms with Crippen molar-refractivity contribution in [2.75, 3.05) is 5.73 Å². The van der Waals surface area contributed by atoms with Gasteiger partial charge in [-0.2, -0.15) is 0 Å². The maximum Gasteiger partial charge on any atom is 0.335 e. The molecule has 0 radical (unpaired) electrons. The number of carboxylic acid groups (broad SMARTS) is 1. The van der Waals surface area contributed by atoms with Gasteiger partial charge in [0.2, 0.25) is 0 Å². The normalized spacial score (nSPS) is 10.2. The third-order valence-corrected chi connectivity index (χ3v) is 2.55. The second-order valence-electron chi connectivity index (χ2n) is 3.75. The van der Waals surface area contributed by atoms with Gasteiger partial charge in [-0.15, -0.1) is 0 Å². The topological polar surface area (TPSA) is 76.2 Å². The summed E-state index contributed by atoms with van der Waals surface area (Å²) in [5, 5.41) is 8.81. The summed E-state index contributed by atoms with van der Waals surface area (Å²) in [6.07, 6.45) is 0. The fourth-order valence-electron chi connectivity index (χ4n) is 1.68. The number of benzene rings is 1. The zero-order chi connectivity index (χ0) is 12.4. The van der Waals surface area contributed by atoms with Crippen molar-refractivity contribution in [3.8, 4) is 11.1 Å². The van der Waals surface area contributed by atoms with Gasteiger partial charge in [0, 0.05) is 11.3 Å². The number of carboxylic acids is 1. The molecule has 1 aromatic carbocycles. The summed E-state index contributed by atoms with van der Waals surface area (Å²) in [5.74, 6) is -0.447. The van der Waals surface area contributed by atoms with Crippen LogP contribution in [0.3, 0.4) is 0 Å². The van der Waals surface area contributed by atoms with Crippen LogP contribution in [-0.4, -0.2) is 16.1 Å². The molecule has 0 unspecified atom stereocenters. The van der Waals surface area contributed by atoms with Gasteiger partial charge < -0.3 is 10.8 Å². The van der Waals surface area contributed by atoms with Crippen LogP contribution in [0.4, 0.5) is 5.82 Å². The third kappa shape index (κ3) is 2.25. The lowest BCUT2D eigenvalue weighted by molar-refractivity contribution is 0.0697. The molecule has 4 heteroatoms. The number of aromatic nitrogens is 1. The van der Waals surface area contributed by atoms with E-state index in [-0.39, 0.29) is 5.56 Å². The number of aromatic carboxylic acids is 1. The standard InChI is InChI=1S/C13H12N2O2/c1-8-11(6-7-12(14)15-8)9-2-4-10(5-3-9)13(16)17/h2-7H,1H3,(H2,14,15)(H,16,17). The van der Waals surface area contributed by atoms with E-state index in [9.17, 15) is 4.79 Å². The minimum Gasteiger partial charge on any atom is -0.478 e. The summed E-state index contributed by atoms with van der Waals surface area (Å²) < 4.78 is 0. The van der Waals surface area contributed by atoms with Gasteiger partial charge in [-0.1, -0.05) is 12.1 Å². The molecule has 2 aromatic rings. The van der Waals surface area contributed by atoms with Crippen LogP contribution < -0.4 is 5.73 Å². The van der Waals surface area contributed by atoms with E-state index < -0.39 is 5.97 Å². The van der Waals surface area contributed by atoms with Gasteiger partial charge in [-0.3, -0.25) is 0 Å². The Labute approximate surface area is 98.7 Å². The first-order valence-electron chi connectivity index (χ1n) is 5.15. The largest absolute Gasteiger partial charge is 0.478 e. The molecule has 2 rings (SSSR count). The fourth-order valence-corrected chi connectivity index (χ4v) is 1.68. The number of hydrogen-bond donors (Lipinski definition) is 2. The van der Waals surface area contributed by atoms with Crippen LogP contribution in [-0.2, 0) is 0 Å². The number of rotatable bonds is 2. The van der Waals surface area contributed by atoms with E-state index in [1.807, 2.05) is 13.0 Å². The van der Waals surface area contributed by atoms with Gasteiger partial charge in [0.1, 0.15) is 5.82 Å². The van der Waals surface area contributed by atoms with Gasteiger partial charge in [0.25, 0.3) is 0 Å². The molecule has 4 nitrogen and oxygen atoms in total. The highest BCUT2D eigenvalue weighted by molar-refractivity contribution is 5.88. The Balaban J connectivity index is 2.43. The molecule has 0 fully saturated rings. The lowest BCUT2D eigenvalue weighted by atomic mass is 10.0. The number of aryl methyl sites for hydroxylation is 1. The second kappa shape index (κ2) is 4.25. The smallest absolute Gasteiger partial charge is 0.335 e. The maximum absolute atomic E-state index is 10.7. The van der Waals surface area contributed by atoms with Crippen LogP contribution in [0.25, 0.3) is 11.1 Å². The molecule has 0 amide bonds. The summed E-state index contributed by atoms with van der Waals surface area (Å²) in [6, 6.07) is 10.3. The van der Waals surface area contributed by atoms with Crippen LogP contribution in [0, 0.1) is 6.92 Å². The van der Waals surface area contributed by atoms with E-state index in [0.717, 1.165) is 16.8 Å². The molecule has 3 N–H and O–H groups in total. The lowest BCUT2D eigenvalue weighted by Crippen LogP contribution is -1.96. The number of carbonyl (C=O) groups is 1. The number of nitrogens with two attached hydrogens (primary N) is 1. The summed E-state index contributed by atoms with van der Waals surface area (Å²) in [7, 11) is 0. The minimum atomic E-state index is -0.927. The highest BCUT2D eigenvalue weighted by Crippen LogP contribution is 2.23. The number of nitrogens with zero attached hydrogens (tertiary/aromatic N) is 1. The number of hydrogen-bond acceptors (Lipinski definition) is 3. The number of nitrogen functional groups attached to an aromatic ring is 1. The molecule has 1 heterocycles. The molecule has 0 spiro atoms. The van der Waals surface area contributed by atoms with Crippen LogP contribution in [0.5, 0.6) is 0 Å². The van der Waals surface area contributed by atoms with Crippen molar-refractivity contribution < 1.29 is 9.90 Å². The first kappa shape index (κ1) is 11.1. The van der Waals surface area contributed by atoms with Crippen molar-refractivity contribution in [3.63, 3.8) is 0 Å². The van der Waals surface area contributed by atoms with Gasteiger partial charge >= 0.3 is 5.97 Å². The minimum absolute atomic E-state index is 0.273. The van der Waals surface area contributed by atoms with Gasteiger partial charge in [-0.05, 0) is 36.8 Å². The van der Waals surface area contributed by atoms with Crippen LogP contribution in [0.2, 0.25) is 0 Å². The van der Waals surface area contributed by atoms with Gasteiger partial charge in [0.05, 0.1) is 5.56 Å². The Morgan fingerprint density at radius 1 is 1.18 bits per heavy atom. The van der Waals surface area contributed by atoms with Crippen molar-refractivity contribution in [3.05, 3.63) is 47.7 Å². The average Bonchev–Trinajstić information content (AvgIpc) is 2.29. The molecule has 0 saturated carbocycles. The Hall–Kier alpha value is -2.36. The fraction of sp³-hybridized carbons (Fsp3) is 0.0769. The maximum atomic E-state index is 10.7. The van der Waals surface area contributed by atoms with Gasteiger partial charge in [0.15, 0.2) is 0 Å². The van der Waals surface area contributed by atoms with Crippen molar-refractivity contribution >= 4 is 11.8 Å². The predicted octanol–water partition coefficient (Wildman–Crippen LogP) is 2.34. The number of pyridine rings is 1. The SMILES string of the molecule is Cc1nc(N)ccc1-c1ccc(C(=O)O)cc1. The zero-order valence-electron chi connectivity index (χ0n) is 9.34. The predicted molar refractivity (Wildman–Crippen MR) is 65.8 cm³/mol. The second-order valence-corrected chi connectivity index (χ2v) is 3.75. The Bertz CT molecular complexity index is 562. The Kier molecular flexibility index (Phi) is 2.78. The van der Waals surface area contributed by atoms with Crippen molar-refractivity contribution in [2.24, 2.45) is 0 Å². The molecule has 1 aromatic heterocycles. The average molecular weight is 228 g/mol. The van der Waals surface area contributed by atoms with E-state index in [4.69, 9.17) is 10.8 Å². The highest BCUT2D eigenvalue weighted by Gasteiger charge is 2.05. The van der Waals surface area contributed by atoms with E-state index in [1.165, 1.54) is 0 Å². The van der Waals surface area contributed by atoms with Crippen molar-refractivity contribution in [1.29, 1.82) is 0 Å². The monoisotopic (exact) mass is 228 g/mol. The van der Waals surface area contributed by atoms with E-state index in [2.05, 4.69) is 4.98 Å². The quantitative estimate of drug-likeness (QED) is 0.827. The Morgan fingerprint density at radius 2 is 1.82 bits per heavy atom. The Morgan fingerprint density at radius 3 is 2.35 bits per heavy atom. The first-order valence-corrected chi connectivity index (χ1v) is 5.15. The summed E-state index contributed by atoms with van der Waals surface area (Å²) >= 11 is 0. The molecule has 0 atom stereocenters. The molecule has 86 valence electrons. The van der Waals surface area contributed by atoms with E-state index in [1.54, 1.807) is 30.3 Å². The zero-order valence-corrected chi connectivity index (χ0v) is 9.34. The van der Waals surface area contributed by atoms with E-state index in [0.29, 0.717) is 5.82 Å². The lowest BCUT2D eigenvalue weighted by Gasteiger charge is -2.06. The molecule has 0 aliphatic rings. The van der Waals surface area contributed by atoms with E-state index >= 15 is 0 Å². The van der Waals surface area contributed by atoms with Gasteiger partial charge in [-0.25, -0.2) is 9.78 Å².